The minimum atomic E-state index is -0.432. The van der Waals surface area contributed by atoms with Gasteiger partial charge in [-0.15, -0.1) is 0 Å². The molecular weight excluding hydrogens is 492 g/mol. The number of fused-ring (bicyclic) bond motifs is 2. The molecule has 0 spiro atoms. The minimum absolute atomic E-state index is 0.432. The average Bonchev–Trinajstić information content (AvgIpc) is 3.21. The minimum Gasteiger partial charge on any atom is -0.493 e. The van der Waals surface area contributed by atoms with Crippen molar-refractivity contribution in [2.45, 2.75) is 44.9 Å². The molecule has 3 aromatic carbocycles. The van der Waals surface area contributed by atoms with E-state index in [9.17, 15) is 5.11 Å². The van der Waals surface area contributed by atoms with Crippen LogP contribution in [0.3, 0.4) is 0 Å². The van der Waals surface area contributed by atoms with Crippen LogP contribution in [-0.4, -0.2) is 75.6 Å². The van der Waals surface area contributed by atoms with Crippen LogP contribution in [0.2, 0.25) is 0 Å². The van der Waals surface area contributed by atoms with Gasteiger partial charge in [0.1, 0.15) is 0 Å². The van der Waals surface area contributed by atoms with Gasteiger partial charge in [-0.3, -0.25) is 4.90 Å². The number of benzene rings is 3. The van der Waals surface area contributed by atoms with E-state index in [2.05, 4.69) is 40.1 Å². The maximum atomic E-state index is 11.2. The first-order valence-corrected chi connectivity index (χ1v) is 14.0. The molecule has 0 aromatic heterocycles. The Balaban J connectivity index is 1.21. The highest BCUT2D eigenvalue weighted by molar-refractivity contribution is 5.93. The number of nitrogens with zero attached hydrogens (tertiary/aromatic N) is 2. The van der Waals surface area contributed by atoms with Crippen LogP contribution < -0.4 is 18.9 Å². The molecule has 0 radical (unpaired) electrons. The van der Waals surface area contributed by atoms with E-state index in [0.717, 1.165) is 72.1 Å². The van der Waals surface area contributed by atoms with E-state index >= 15 is 0 Å². The van der Waals surface area contributed by atoms with Crippen LogP contribution in [0.25, 0.3) is 10.8 Å². The van der Waals surface area contributed by atoms with Gasteiger partial charge in [-0.2, -0.15) is 0 Å². The number of hydrogen-bond acceptors (Lipinski definition) is 7. The highest BCUT2D eigenvalue weighted by atomic mass is 16.5. The van der Waals surface area contributed by atoms with Gasteiger partial charge in [-0.05, 0) is 65.6 Å². The van der Waals surface area contributed by atoms with Gasteiger partial charge in [0, 0.05) is 44.5 Å². The number of methoxy groups -OCH3 is 4. The van der Waals surface area contributed by atoms with E-state index in [1.165, 1.54) is 30.4 Å². The zero-order valence-corrected chi connectivity index (χ0v) is 23.7. The lowest BCUT2D eigenvalue weighted by atomic mass is 9.98. The summed E-state index contributed by atoms with van der Waals surface area (Å²) in [4.78, 5) is 5.03. The summed E-state index contributed by atoms with van der Waals surface area (Å²) in [7, 11) is 6.71. The summed E-state index contributed by atoms with van der Waals surface area (Å²) in [5.74, 6) is 3.65. The summed E-state index contributed by atoms with van der Waals surface area (Å²) in [5, 5.41) is 13.3. The molecule has 39 heavy (non-hydrogen) atoms. The Hall–Kier alpha value is -3.00. The van der Waals surface area contributed by atoms with Crippen molar-refractivity contribution in [2.75, 3.05) is 54.6 Å². The number of β-amino-alcohol motifs (C(OH)–C–C–N with tert-alkyl or cyclic N) is 1. The Bertz CT molecular complexity index is 1250. The van der Waals surface area contributed by atoms with E-state index in [-0.39, 0.29) is 0 Å². The van der Waals surface area contributed by atoms with Crippen molar-refractivity contribution < 1.29 is 24.1 Å². The van der Waals surface area contributed by atoms with Crippen molar-refractivity contribution in [3.05, 3.63) is 59.2 Å². The van der Waals surface area contributed by atoms with E-state index in [0.29, 0.717) is 18.9 Å². The smallest absolute Gasteiger partial charge is 0.168 e. The van der Waals surface area contributed by atoms with Crippen molar-refractivity contribution in [2.24, 2.45) is 5.92 Å². The number of hydrogen-bond donors (Lipinski definition) is 1. The Labute approximate surface area is 232 Å². The summed E-state index contributed by atoms with van der Waals surface area (Å²) in [6.07, 6.45) is 3.84. The van der Waals surface area contributed by atoms with Crippen LogP contribution >= 0.6 is 0 Å². The number of aliphatic hydroxyl groups is 1. The van der Waals surface area contributed by atoms with E-state index in [1.807, 2.05) is 12.1 Å². The molecule has 1 fully saturated rings. The van der Waals surface area contributed by atoms with Crippen molar-refractivity contribution in [1.82, 2.24) is 9.80 Å². The predicted molar refractivity (Wildman–Crippen MR) is 154 cm³/mol. The molecule has 1 N–H and O–H groups in total. The van der Waals surface area contributed by atoms with Gasteiger partial charge in [0.25, 0.3) is 0 Å². The number of likely N-dealkylation sites (tertiary alicyclic amines) is 1. The monoisotopic (exact) mass is 534 g/mol. The molecule has 0 saturated carbocycles. The van der Waals surface area contributed by atoms with Crippen LogP contribution in [0.4, 0.5) is 0 Å². The fraction of sp³-hybridized carbons (Fsp3) is 0.500. The van der Waals surface area contributed by atoms with Crippen LogP contribution in [0.1, 0.15) is 36.0 Å². The SMILES string of the molecule is COc1cc2c(cc1OC)CN(CC1CCCCN(CC(O)Cc3cccc4c(OC)c(OC)ccc34)C1)C2. The Morgan fingerprint density at radius 2 is 1.54 bits per heavy atom. The van der Waals surface area contributed by atoms with Gasteiger partial charge in [0.05, 0.1) is 34.5 Å². The first kappa shape index (κ1) is 27.6. The highest BCUT2D eigenvalue weighted by Gasteiger charge is 2.27. The maximum absolute atomic E-state index is 11.2. The summed E-state index contributed by atoms with van der Waals surface area (Å²) in [6.45, 7) is 5.72. The van der Waals surface area contributed by atoms with Crippen LogP contribution in [0, 0.1) is 5.92 Å². The van der Waals surface area contributed by atoms with E-state index < -0.39 is 6.10 Å². The third-order valence-electron chi connectivity index (χ3n) is 8.28. The first-order valence-electron chi connectivity index (χ1n) is 14.0. The van der Waals surface area contributed by atoms with Crippen molar-refractivity contribution in [3.8, 4) is 23.0 Å². The normalized spacial score (nSPS) is 18.9. The summed E-state index contributed by atoms with van der Waals surface area (Å²) < 4.78 is 22.2. The Morgan fingerprint density at radius 3 is 2.21 bits per heavy atom. The molecule has 7 heteroatoms. The van der Waals surface area contributed by atoms with Crippen LogP contribution in [0.5, 0.6) is 23.0 Å². The average molecular weight is 535 g/mol. The molecule has 2 heterocycles. The Morgan fingerprint density at radius 1 is 0.821 bits per heavy atom. The fourth-order valence-corrected chi connectivity index (χ4v) is 6.46. The molecule has 0 amide bonds. The molecule has 1 saturated heterocycles. The largest absolute Gasteiger partial charge is 0.493 e. The standard InChI is InChI=1S/C32H42N2O5/c1-36-29-12-11-27-23(9-7-10-28(27)32(29)39-4)14-26(35)21-33-13-6-5-8-22(17-33)18-34-19-24-15-30(37-2)31(38-3)16-25(24)20-34/h7,9-12,15-16,22,26,35H,5-6,8,13-14,17-21H2,1-4H3. The van der Waals surface area contributed by atoms with Crippen LogP contribution in [-0.2, 0) is 19.5 Å². The lowest BCUT2D eigenvalue weighted by Crippen LogP contribution is -2.38. The number of aliphatic hydroxyl groups excluding tert-OH is 1. The summed E-state index contributed by atoms with van der Waals surface area (Å²) in [6, 6.07) is 14.5. The van der Waals surface area contributed by atoms with Gasteiger partial charge >= 0.3 is 0 Å². The number of ether oxygens (including phenoxy) is 4. The highest BCUT2D eigenvalue weighted by Crippen LogP contribution is 2.37. The van der Waals surface area contributed by atoms with Gasteiger partial charge < -0.3 is 29.0 Å². The van der Waals surface area contributed by atoms with Crippen molar-refractivity contribution in [3.63, 3.8) is 0 Å². The molecule has 5 rings (SSSR count). The topological polar surface area (TPSA) is 63.6 Å². The molecule has 2 aliphatic rings. The second kappa shape index (κ2) is 12.5. The first-order chi connectivity index (χ1) is 19.0. The molecule has 0 aliphatic carbocycles. The van der Waals surface area contributed by atoms with Gasteiger partial charge in [-0.1, -0.05) is 30.7 Å². The lowest BCUT2D eigenvalue weighted by Gasteiger charge is -2.29. The second-order valence-electron chi connectivity index (χ2n) is 10.9. The zero-order chi connectivity index (χ0) is 27.4. The number of rotatable bonds is 10. The van der Waals surface area contributed by atoms with Crippen LogP contribution in [0.15, 0.2) is 42.5 Å². The van der Waals surface area contributed by atoms with Gasteiger partial charge in [0.15, 0.2) is 23.0 Å². The third-order valence-corrected chi connectivity index (χ3v) is 8.28. The maximum Gasteiger partial charge on any atom is 0.168 e. The molecule has 7 nitrogen and oxygen atoms in total. The third kappa shape index (κ3) is 6.11. The molecule has 2 atom stereocenters. The molecular formula is C32H42N2O5. The lowest BCUT2D eigenvalue weighted by molar-refractivity contribution is 0.101. The van der Waals surface area contributed by atoms with Gasteiger partial charge in [0.2, 0.25) is 0 Å². The molecule has 2 aliphatic heterocycles. The fourth-order valence-electron chi connectivity index (χ4n) is 6.46. The van der Waals surface area contributed by atoms with Gasteiger partial charge in [-0.25, -0.2) is 0 Å². The molecule has 2 unspecified atom stereocenters. The van der Waals surface area contributed by atoms with E-state index in [4.69, 9.17) is 18.9 Å². The predicted octanol–water partition coefficient (Wildman–Crippen LogP) is 4.90. The second-order valence-corrected chi connectivity index (χ2v) is 10.9. The molecule has 0 bridgehead atoms. The summed E-state index contributed by atoms with van der Waals surface area (Å²) >= 11 is 0. The quantitative estimate of drug-likeness (QED) is 0.397. The zero-order valence-electron chi connectivity index (χ0n) is 23.7. The van der Waals surface area contributed by atoms with Crippen molar-refractivity contribution >= 4 is 10.8 Å². The molecule has 3 aromatic rings. The van der Waals surface area contributed by atoms with Crippen molar-refractivity contribution in [1.29, 1.82) is 0 Å². The molecule has 210 valence electrons. The summed E-state index contributed by atoms with van der Waals surface area (Å²) in [5.41, 5.74) is 3.80. The van der Waals surface area contributed by atoms with E-state index in [1.54, 1.807) is 28.4 Å². The Kier molecular flexibility index (Phi) is 8.80.